The average molecular weight is 539 g/mol. The van der Waals surface area contributed by atoms with Gasteiger partial charge in [0, 0.05) is 22.9 Å². The van der Waals surface area contributed by atoms with Crippen LogP contribution in [0.4, 0.5) is 5.69 Å². The molecular weight excluding hydrogens is 508 g/mol. The molecule has 6 heteroatoms. The van der Waals surface area contributed by atoms with Gasteiger partial charge in [0.25, 0.3) is 5.91 Å². The van der Waals surface area contributed by atoms with Crippen molar-refractivity contribution in [2.24, 2.45) is 5.10 Å². The summed E-state index contributed by atoms with van der Waals surface area (Å²) < 4.78 is 7.83. The zero-order valence-electron chi connectivity index (χ0n) is 23.2. The van der Waals surface area contributed by atoms with E-state index in [4.69, 9.17) is 14.9 Å². The molecule has 0 atom stereocenters. The first-order valence-corrected chi connectivity index (χ1v) is 13.7. The van der Waals surface area contributed by atoms with Gasteiger partial charge in [0.2, 0.25) is 0 Å². The van der Waals surface area contributed by atoms with Crippen LogP contribution in [-0.4, -0.2) is 27.5 Å². The molecule has 1 aromatic heterocycles. The van der Waals surface area contributed by atoms with Gasteiger partial charge in [-0.3, -0.25) is 4.79 Å². The number of amides is 1. The molecule has 1 amide bonds. The van der Waals surface area contributed by atoms with E-state index in [-0.39, 0.29) is 12.0 Å². The summed E-state index contributed by atoms with van der Waals surface area (Å²) in [5.74, 6) is 0.652. The van der Waals surface area contributed by atoms with Crippen molar-refractivity contribution in [3.63, 3.8) is 0 Å². The van der Waals surface area contributed by atoms with Crippen molar-refractivity contribution < 1.29 is 9.53 Å². The Bertz CT molecular complexity index is 1750. The number of hydrogen-bond acceptors (Lipinski definition) is 4. The maximum atomic E-state index is 13.9. The third-order valence-electron chi connectivity index (χ3n) is 6.80. The van der Waals surface area contributed by atoms with Crippen molar-refractivity contribution in [3.05, 3.63) is 138 Å². The predicted molar refractivity (Wildman–Crippen MR) is 164 cm³/mol. The van der Waals surface area contributed by atoms with E-state index in [9.17, 15) is 4.79 Å². The van der Waals surface area contributed by atoms with Gasteiger partial charge < -0.3 is 4.74 Å². The molecule has 1 aliphatic heterocycles. The largest absolute Gasteiger partial charge is 0.491 e. The zero-order chi connectivity index (χ0) is 28.3. The van der Waals surface area contributed by atoms with Crippen LogP contribution in [0, 0.1) is 6.92 Å². The van der Waals surface area contributed by atoms with Gasteiger partial charge in [-0.2, -0.15) is 15.2 Å². The highest BCUT2D eigenvalue weighted by Gasteiger charge is 2.32. The number of rotatable bonds is 7. The van der Waals surface area contributed by atoms with E-state index in [1.807, 2.05) is 141 Å². The molecule has 1 aliphatic rings. The van der Waals surface area contributed by atoms with Crippen LogP contribution in [-0.2, 0) is 4.79 Å². The third-order valence-corrected chi connectivity index (χ3v) is 6.80. The molecule has 41 heavy (non-hydrogen) atoms. The van der Waals surface area contributed by atoms with Crippen LogP contribution in [0.5, 0.6) is 5.75 Å². The fourth-order valence-corrected chi connectivity index (χ4v) is 4.87. The number of benzene rings is 4. The van der Waals surface area contributed by atoms with Crippen LogP contribution >= 0.6 is 0 Å². The first-order valence-electron chi connectivity index (χ1n) is 13.7. The lowest BCUT2D eigenvalue weighted by Crippen LogP contribution is -2.21. The van der Waals surface area contributed by atoms with Crippen molar-refractivity contribution in [1.29, 1.82) is 0 Å². The van der Waals surface area contributed by atoms with E-state index >= 15 is 0 Å². The molecule has 4 aromatic carbocycles. The molecule has 6 rings (SSSR count). The van der Waals surface area contributed by atoms with Crippen molar-refractivity contribution in [2.45, 2.75) is 26.9 Å². The molecule has 0 N–H and O–H groups in total. The average Bonchev–Trinajstić information content (AvgIpc) is 3.57. The summed E-state index contributed by atoms with van der Waals surface area (Å²) in [5, 5.41) is 11.3. The monoisotopic (exact) mass is 538 g/mol. The number of ether oxygens (including phenoxy) is 1. The Morgan fingerprint density at radius 3 is 2.05 bits per heavy atom. The lowest BCUT2D eigenvalue weighted by atomic mass is 9.98. The Morgan fingerprint density at radius 2 is 1.41 bits per heavy atom. The second-order valence-corrected chi connectivity index (χ2v) is 10.2. The molecule has 0 aliphatic carbocycles. The fraction of sp³-hybridized carbons (Fsp3) is 0.114. The van der Waals surface area contributed by atoms with Gasteiger partial charge in [-0.1, -0.05) is 66.7 Å². The highest BCUT2D eigenvalue weighted by Crippen LogP contribution is 2.33. The zero-order valence-corrected chi connectivity index (χ0v) is 23.2. The molecule has 0 saturated carbocycles. The molecule has 0 radical (unpaired) electrons. The summed E-state index contributed by atoms with van der Waals surface area (Å²) in [6.45, 7) is 6.07. The Hall–Kier alpha value is -5.23. The minimum Gasteiger partial charge on any atom is -0.491 e. The van der Waals surface area contributed by atoms with Crippen molar-refractivity contribution in [3.8, 4) is 22.7 Å². The summed E-state index contributed by atoms with van der Waals surface area (Å²) in [5.41, 5.74) is 7.16. The van der Waals surface area contributed by atoms with Gasteiger partial charge in [-0.05, 0) is 74.9 Å². The van der Waals surface area contributed by atoms with E-state index in [1.54, 1.807) is 0 Å². The smallest absolute Gasteiger partial charge is 0.281 e. The van der Waals surface area contributed by atoms with Gasteiger partial charge in [0.05, 0.1) is 28.7 Å². The second kappa shape index (κ2) is 11.1. The fourth-order valence-electron chi connectivity index (χ4n) is 4.87. The summed E-state index contributed by atoms with van der Waals surface area (Å²) in [6, 6.07) is 35.3. The predicted octanol–water partition coefficient (Wildman–Crippen LogP) is 7.47. The van der Waals surface area contributed by atoms with E-state index in [0.29, 0.717) is 17.0 Å². The minimum absolute atomic E-state index is 0.0776. The van der Waals surface area contributed by atoms with Crippen molar-refractivity contribution in [1.82, 2.24) is 9.78 Å². The van der Waals surface area contributed by atoms with Crippen LogP contribution in [0.1, 0.15) is 30.5 Å². The number of hydrazone groups is 1. The van der Waals surface area contributed by atoms with Crippen molar-refractivity contribution >= 4 is 23.4 Å². The van der Waals surface area contributed by atoms with E-state index in [1.165, 1.54) is 5.01 Å². The maximum Gasteiger partial charge on any atom is 0.281 e. The Balaban J connectivity index is 1.50. The minimum atomic E-state index is -0.190. The number of aromatic nitrogens is 2. The number of carbonyl (C=O) groups excluding carboxylic acids is 1. The Morgan fingerprint density at radius 1 is 0.780 bits per heavy atom. The molecule has 0 bridgehead atoms. The molecule has 5 aromatic rings. The standard InChI is InChI=1S/C35H30N4O2/c1-24(2)41-32-20-19-27(21-25(32)3)33-28(23-38(36-33)29-15-9-5-10-16-29)22-31-34(26-13-7-4-8-14-26)37-39(35(31)40)30-17-11-6-12-18-30/h4-24H,1-3H3/b31-22-. The summed E-state index contributed by atoms with van der Waals surface area (Å²) in [6.07, 6.45) is 3.95. The molecule has 6 nitrogen and oxygen atoms in total. The summed E-state index contributed by atoms with van der Waals surface area (Å²) >= 11 is 0. The van der Waals surface area contributed by atoms with E-state index in [2.05, 4.69) is 6.07 Å². The number of carbonyl (C=O) groups is 1. The molecule has 0 spiro atoms. The van der Waals surface area contributed by atoms with Gasteiger partial charge in [0.1, 0.15) is 11.5 Å². The normalized spacial score (nSPS) is 14.1. The van der Waals surface area contributed by atoms with Gasteiger partial charge in [-0.15, -0.1) is 0 Å². The highest BCUT2D eigenvalue weighted by molar-refractivity contribution is 6.37. The molecule has 0 fully saturated rings. The van der Waals surface area contributed by atoms with Crippen LogP contribution in [0.3, 0.4) is 0 Å². The van der Waals surface area contributed by atoms with Gasteiger partial charge in [-0.25, -0.2) is 4.68 Å². The summed E-state index contributed by atoms with van der Waals surface area (Å²) in [7, 11) is 0. The molecule has 2 heterocycles. The first kappa shape index (κ1) is 26.0. The molecule has 202 valence electrons. The molecule has 0 saturated heterocycles. The quantitative estimate of drug-likeness (QED) is 0.202. The Kier molecular flexibility index (Phi) is 7.04. The van der Waals surface area contributed by atoms with Crippen LogP contribution in [0.25, 0.3) is 23.0 Å². The van der Waals surface area contributed by atoms with Crippen molar-refractivity contribution in [2.75, 3.05) is 5.01 Å². The molecular formula is C35H30N4O2. The first-order chi connectivity index (χ1) is 20.0. The number of para-hydroxylation sites is 2. The molecule has 0 unspecified atom stereocenters. The van der Waals surface area contributed by atoms with Crippen LogP contribution in [0.15, 0.2) is 126 Å². The lowest BCUT2D eigenvalue weighted by Gasteiger charge is -2.13. The number of anilines is 1. The maximum absolute atomic E-state index is 13.9. The number of nitrogens with zero attached hydrogens (tertiary/aromatic N) is 4. The van der Waals surface area contributed by atoms with Crippen LogP contribution in [0.2, 0.25) is 0 Å². The van der Waals surface area contributed by atoms with E-state index < -0.39 is 0 Å². The second-order valence-electron chi connectivity index (χ2n) is 10.2. The van der Waals surface area contributed by atoms with E-state index in [0.717, 1.165) is 39.4 Å². The summed E-state index contributed by atoms with van der Waals surface area (Å²) in [4.78, 5) is 13.9. The topological polar surface area (TPSA) is 59.7 Å². The number of aryl methyl sites for hydroxylation is 1. The Labute approximate surface area is 239 Å². The van der Waals surface area contributed by atoms with Gasteiger partial charge in [0.15, 0.2) is 0 Å². The third kappa shape index (κ3) is 5.32. The lowest BCUT2D eigenvalue weighted by molar-refractivity contribution is -0.114. The number of hydrogen-bond donors (Lipinski definition) is 0. The van der Waals surface area contributed by atoms with Gasteiger partial charge >= 0.3 is 0 Å². The van der Waals surface area contributed by atoms with Crippen LogP contribution < -0.4 is 9.75 Å². The SMILES string of the molecule is Cc1cc(-c2nn(-c3ccccc3)cc2/C=C2\C(=O)N(c3ccccc3)N=C2c2ccccc2)ccc1OC(C)C. The highest BCUT2D eigenvalue weighted by atomic mass is 16.5.